The largest absolute Gasteiger partial charge is 0.475 e. The highest BCUT2D eigenvalue weighted by Gasteiger charge is 2.08. The molecule has 0 aliphatic carbocycles. The third-order valence-electron chi connectivity index (χ3n) is 2.81. The van der Waals surface area contributed by atoms with Crippen LogP contribution in [0.3, 0.4) is 0 Å². The lowest BCUT2D eigenvalue weighted by molar-refractivity contribution is 0.186. The highest BCUT2D eigenvalue weighted by molar-refractivity contribution is 5.82. The Kier molecular flexibility index (Phi) is 3.70. The minimum absolute atomic E-state index is 0.184. The normalized spacial score (nSPS) is 12.9. The molecule has 1 heterocycles. The van der Waals surface area contributed by atoms with Gasteiger partial charge >= 0.3 is 0 Å². The number of benzene rings is 1. The van der Waals surface area contributed by atoms with Crippen molar-refractivity contribution in [1.82, 2.24) is 4.98 Å². The molecule has 0 bridgehead atoms. The van der Waals surface area contributed by atoms with E-state index in [2.05, 4.69) is 25.8 Å². The van der Waals surface area contributed by atoms with Crippen molar-refractivity contribution in [3.63, 3.8) is 0 Å². The number of nitrogen functional groups attached to an aromatic ring is 1. The number of rotatable bonds is 4. The average Bonchev–Trinajstić information content (AvgIpc) is 2.28. The lowest BCUT2D eigenvalue weighted by Gasteiger charge is -2.16. The molecular formula is C15H20N2O. The van der Waals surface area contributed by atoms with Gasteiger partial charge < -0.3 is 10.5 Å². The lowest BCUT2D eigenvalue weighted by Crippen LogP contribution is -2.15. The zero-order valence-corrected chi connectivity index (χ0v) is 11.2. The van der Waals surface area contributed by atoms with Gasteiger partial charge in [-0.1, -0.05) is 13.8 Å². The SMILES string of the molecule is CC(C)CC(C)Oc1ccc2cc(N)ccc2n1. The maximum atomic E-state index is 5.82. The van der Waals surface area contributed by atoms with Crippen molar-refractivity contribution in [3.05, 3.63) is 30.3 Å². The maximum absolute atomic E-state index is 5.82. The van der Waals surface area contributed by atoms with Gasteiger partial charge in [0.25, 0.3) is 0 Å². The van der Waals surface area contributed by atoms with Crippen LogP contribution >= 0.6 is 0 Å². The zero-order chi connectivity index (χ0) is 13.1. The molecule has 0 radical (unpaired) electrons. The summed E-state index contributed by atoms with van der Waals surface area (Å²) in [5, 5.41) is 1.04. The van der Waals surface area contributed by atoms with Crippen LogP contribution in [-0.2, 0) is 0 Å². The van der Waals surface area contributed by atoms with Crippen LogP contribution in [0, 0.1) is 5.92 Å². The van der Waals surface area contributed by atoms with Gasteiger partial charge in [0.05, 0.1) is 11.6 Å². The molecule has 0 spiro atoms. The van der Waals surface area contributed by atoms with E-state index in [1.807, 2.05) is 30.3 Å². The van der Waals surface area contributed by atoms with Gasteiger partial charge in [-0.2, -0.15) is 0 Å². The Morgan fingerprint density at radius 2 is 1.94 bits per heavy atom. The van der Waals surface area contributed by atoms with Crippen LogP contribution in [0.5, 0.6) is 5.88 Å². The molecule has 1 unspecified atom stereocenters. The molecule has 0 saturated carbocycles. The minimum atomic E-state index is 0.184. The summed E-state index contributed by atoms with van der Waals surface area (Å²) in [5.74, 6) is 1.31. The van der Waals surface area contributed by atoms with Crippen molar-refractivity contribution < 1.29 is 4.74 Å². The van der Waals surface area contributed by atoms with Crippen LogP contribution in [-0.4, -0.2) is 11.1 Å². The fraction of sp³-hybridized carbons (Fsp3) is 0.400. The molecule has 2 aromatic rings. The molecule has 3 heteroatoms. The first kappa shape index (κ1) is 12.7. The number of fused-ring (bicyclic) bond motifs is 1. The van der Waals surface area contributed by atoms with Gasteiger partial charge in [-0.3, -0.25) is 0 Å². The van der Waals surface area contributed by atoms with Gasteiger partial charge in [-0.05, 0) is 43.5 Å². The number of nitrogens with two attached hydrogens (primary N) is 1. The minimum Gasteiger partial charge on any atom is -0.475 e. The van der Waals surface area contributed by atoms with Crippen molar-refractivity contribution in [2.24, 2.45) is 5.92 Å². The molecule has 0 amide bonds. The Morgan fingerprint density at radius 1 is 1.17 bits per heavy atom. The summed E-state index contributed by atoms with van der Waals surface area (Å²) >= 11 is 0. The second-order valence-corrected chi connectivity index (χ2v) is 5.16. The predicted octanol–water partition coefficient (Wildman–Crippen LogP) is 3.63. The first-order chi connectivity index (χ1) is 8.54. The van der Waals surface area contributed by atoms with Gasteiger partial charge in [0, 0.05) is 17.1 Å². The Bertz CT molecular complexity index is 537. The van der Waals surface area contributed by atoms with E-state index in [4.69, 9.17) is 10.5 Å². The fourth-order valence-electron chi connectivity index (χ4n) is 2.11. The summed E-state index contributed by atoms with van der Waals surface area (Å²) < 4.78 is 5.82. The molecule has 0 saturated heterocycles. The van der Waals surface area contributed by atoms with E-state index < -0.39 is 0 Å². The van der Waals surface area contributed by atoms with Crippen LogP contribution < -0.4 is 10.5 Å². The van der Waals surface area contributed by atoms with Gasteiger partial charge in [0.1, 0.15) is 0 Å². The Morgan fingerprint density at radius 3 is 2.67 bits per heavy atom. The molecule has 0 aliphatic heterocycles. The molecule has 2 N–H and O–H groups in total. The van der Waals surface area contributed by atoms with Crippen molar-refractivity contribution in [3.8, 4) is 5.88 Å². The first-order valence-corrected chi connectivity index (χ1v) is 6.37. The standard InChI is InChI=1S/C15H20N2O/c1-10(2)8-11(3)18-15-7-4-12-9-13(16)5-6-14(12)17-15/h4-7,9-11H,8,16H2,1-3H3. The summed E-state index contributed by atoms with van der Waals surface area (Å²) in [7, 11) is 0. The molecule has 0 aliphatic rings. The summed E-state index contributed by atoms with van der Waals surface area (Å²) in [6.07, 6.45) is 1.21. The quantitative estimate of drug-likeness (QED) is 0.835. The van der Waals surface area contributed by atoms with Gasteiger partial charge in [0.2, 0.25) is 5.88 Å². The van der Waals surface area contributed by atoms with E-state index in [9.17, 15) is 0 Å². The number of hydrogen-bond donors (Lipinski definition) is 1. The molecular weight excluding hydrogens is 224 g/mol. The molecule has 1 atom stereocenters. The molecule has 1 aromatic heterocycles. The van der Waals surface area contributed by atoms with Crippen molar-refractivity contribution in [2.75, 3.05) is 5.73 Å². The van der Waals surface area contributed by atoms with Crippen LogP contribution in [0.1, 0.15) is 27.2 Å². The highest BCUT2D eigenvalue weighted by Crippen LogP contribution is 2.20. The predicted molar refractivity (Wildman–Crippen MR) is 75.7 cm³/mol. The Hall–Kier alpha value is -1.77. The van der Waals surface area contributed by atoms with E-state index >= 15 is 0 Å². The van der Waals surface area contributed by atoms with Gasteiger partial charge in [-0.15, -0.1) is 0 Å². The second kappa shape index (κ2) is 5.25. The van der Waals surface area contributed by atoms with E-state index in [-0.39, 0.29) is 6.10 Å². The van der Waals surface area contributed by atoms with Crippen molar-refractivity contribution in [2.45, 2.75) is 33.3 Å². The smallest absolute Gasteiger partial charge is 0.214 e. The summed E-state index contributed by atoms with van der Waals surface area (Å²) in [6, 6.07) is 9.60. The van der Waals surface area contributed by atoms with Crippen molar-refractivity contribution >= 4 is 16.6 Å². The Balaban J connectivity index is 2.17. The third kappa shape index (κ3) is 3.13. The second-order valence-electron chi connectivity index (χ2n) is 5.16. The third-order valence-corrected chi connectivity index (χ3v) is 2.81. The summed E-state index contributed by atoms with van der Waals surface area (Å²) in [4.78, 5) is 4.49. The van der Waals surface area contributed by atoms with Crippen molar-refractivity contribution in [1.29, 1.82) is 0 Å². The van der Waals surface area contributed by atoms with Gasteiger partial charge in [0.15, 0.2) is 0 Å². The van der Waals surface area contributed by atoms with E-state index in [1.165, 1.54) is 0 Å². The van der Waals surface area contributed by atoms with Gasteiger partial charge in [-0.25, -0.2) is 4.98 Å². The number of aromatic nitrogens is 1. The molecule has 96 valence electrons. The monoisotopic (exact) mass is 244 g/mol. The topological polar surface area (TPSA) is 48.1 Å². The number of hydrogen-bond acceptors (Lipinski definition) is 3. The number of nitrogens with zero attached hydrogens (tertiary/aromatic N) is 1. The van der Waals surface area contributed by atoms with E-state index in [1.54, 1.807) is 0 Å². The van der Waals surface area contributed by atoms with Crippen LogP contribution in [0.25, 0.3) is 10.9 Å². The molecule has 0 fully saturated rings. The molecule has 2 rings (SSSR count). The van der Waals surface area contributed by atoms with Crippen LogP contribution in [0.15, 0.2) is 30.3 Å². The number of anilines is 1. The van der Waals surface area contributed by atoms with Crippen LogP contribution in [0.2, 0.25) is 0 Å². The highest BCUT2D eigenvalue weighted by atomic mass is 16.5. The van der Waals surface area contributed by atoms with E-state index in [0.717, 1.165) is 23.0 Å². The maximum Gasteiger partial charge on any atom is 0.214 e. The lowest BCUT2D eigenvalue weighted by atomic mass is 10.1. The van der Waals surface area contributed by atoms with E-state index in [0.29, 0.717) is 11.8 Å². The summed E-state index contributed by atoms with van der Waals surface area (Å²) in [5.41, 5.74) is 7.41. The van der Waals surface area contributed by atoms with Crippen LogP contribution in [0.4, 0.5) is 5.69 Å². The number of ether oxygens (including phenoxy) is 1. The zero-order valence-electron chi connectivity index (χ0n) is 11.2. The first-order valence-electron chi connectivity index (χ1n) is 6.37. The average molecular weight is 244 g/mol. The molecule has 1 aromatic carbocycles. The number of pyridine rings is 1. The molecule has 18 heavy (non-hydrogen) atoms. The summed E-state index contributed by atoms with van der Waals surface area (Å²) in [6.45, 7) is 6.46. The fourth-order valence-corrected chi connectivity index (χ4v) is 2.11. The molecule has 3 nitrogen and oxygen atoms in total. The Labute approximate surface area is 108 Å².